The lowest BCUT2D eigenvalue weighted by molar-refractivity contribution is -0.120. The summed E-state index contributed by atoms with van der Waals surface area (Å²) in [6.07, 6.45) is 5.84. The van der Waals surface area contributed by atoms with Crippen LogP contribution in [0.3, 0.4) is 0 Å². The molecule has 0 aliphatic heterocycles. The van der Waals surface area contributed by atoms with Gasteiger partial charge in [-0.1, -0.05) is 0 Å². The van der Waals surface area contributed by atoms with Crippen molar-refractivity contribution in [2.24, 2.45) is 9.98 Å². The van der Waals surface area contributed by atoms with Crippen LogP contribution >= 0.6 is 0 Å². The van der Waals surface area contributed by atoms with Gasteiger partial charge in [0.2, 0.25) is 12.2 Å². The summed E-state index contributed by atoms with van der Waals surface area (Å²) < 4.78 is 4.47. The zero-order valence-corrected chi connectivity index (χ0v) is 9.79. The first-order valence-corrected chi connectivity index (χ1v) is 5.40. The number of ketones is 1. The Hall–Kier alpha value is -2.28. The fraction of sp³-hybridized carbons (Fsp3) is 0.636. The zero-order chi connectivity index (χ0) is 13.6. The molecule has 1 atom stereocenters. The highest BCUT2D eigenvalue weighted by molar-refractivity contribution is 5.85. The van der Waals surface area contributed by atoms with Crippen molar-refractivity contribution in [3.05, 3.63) is 0 Å². The van der Waals surface area contributed by atoms with E-state index in [1.54, 1.807) is 0 Å². The topological polar surface area (TPSA) is 109 Å². The molecule has 7 heteroatoms. The fourth-order valence-electron chi connectivity index (χ4n) is 1.30. The van der Waals surface area contributed by atoms with Gasteiger partial charge >= 0.3 is 0 Å². The number of unbranched alkanes of at least 4 members (excludes halogenated alkanes) is 1. The molecule has 0 fully saturated rings. The number of hydrogen-bond donors (Lipinski definition) is 0. The van der Waals surface area contributed by atoms with Crippen molar-refractivity contribution in [1.82, 2.24) is 0 Å². The van der Waals surface area contributed by atoms with Crippen molar-refractivity contribution in [1.29, 1.82) is 5.26 Å². The third-order valence-corrected chi connectivity index (χ3v) is 2.15. The minimum Gasteiger partial charge on any atom is -0.428 e. The van der Waals surface area contributed by atoms with Gasteiger partial charge in [0, 0.05) is 6.42 Å². The van der Waals surface area contributed by atoms with Crippen molar-refractivity contribution in [3.63, 3.8) is 0 Å². The highest BCUT2D eigenvalue weighted by Gasteiger charge is 2.16. The molecule has 0 bridgehead atoms. The van der Waals surface area contributed by atoms with E-state index >= 15 is 0 Å². The molecule has 0 saturated heterocycles. The van der Waals surface area contributed by atoms with Crippen molar-refractivity contribution in [2.45, 2.75) is 31.7 Å². The highest BCUT2D eigenvalue weighted by atomic mass is 16.5. The Morgan fingerprint density at radius 2 is 2.06 bits per heavy atom. The Labute approximate surface area is 104 Å². The average molecular weight is 251 g/mol. The van der Waals surface area contributed by atoms with Crippen molar-refractivity contribution in [3.8, 4) is 6.26 Å². The summed E-state index contributed by atoms with van der Waals surface area (Å²) in [7, 11) is 0. The zero-order valence-electron chi connectivity index (χ0n) is 9.79. The Balaban J connectivity index is 4.05. The minimum atomic E-state index is -0.758. The summed E-state index contributed by atoms with van der Waals surface area (Å²) in [4.78, 5) is 38.3. The first-order valence-electron chi connectivity index (χ1n) is 5.40. The molecule has 0 aromatic carbocycles. The van der Waals surface area contributed by atoms with E-state index in [0.717, 1.165) is 0 Å². The summed E-state index contributed by atoms with van der Waals surface area (Å²) in [5.41, 5.74) is 0. The van der Waals surface area contributed by atoms with Gasteiger partial charge in [-0.05, 0) is 19.3 Å². The number of carbonyl (C=O) groups excluding carboxylic acids is 3. The van der Waals surface area contributed by atoms with Crippen LogP contribution in [-0.2, 0) is 19.1 Å². The van der Waals surface area contributed by atoms with Crippen LogP contribution < -0.4 is 0 Å². The van der Waals surface area contributed by atoms with Crippen LogP contribution in [0.25, 0.3) is 0 Å². The standard InChI is InChI=1S/C11H13N3O4/c12-7-18-6-2-1-3-10(14-9-16)11(17)4-5-13-8-15/h10H,1-6H2. The second-order valence-electron chi connectivity index (χ2n) is 3.36. The molecule has 0 aromatic rings. The number of rotatable bonds is 10. The summed E-state index contributed by atoms with van der Waals surface area (Å²) in [5.74, 6) is -0.265. The SMILES string of the molecule is N#COCCCCC(N=C=O)C(=O)CCN=C=O. The molecule has 96 valence electrons. The van der Waals surface area contributed by atoms with Gasteiger partial charge in [-0.15, -0.1) is 0 Å². The quantitative estimate of drug-likeness (QED) is 0.245. The first-order chi connectivity index (χ1) is 8.76. The molecule has 0 spiro atoms. The van der Waals surface area contributed by atoms with Crippen LogP contribution in [0, 0.1) is 11.5 Å². The first kappa shape index (κ1) is 15.7. The number of aliphatic imine (C=N–C) groups is 2. The molecule has 0 heterocycles. The molecule has 0 saturated carbocycles. The number of nitrogens with zero attached hydrogens (tertiary/aromatic N) is 3. The van der Waals surface area contributed by atoms with E-state index in [0.29, 0.717) is 19.3 Å². The lowest BCUT2D eigenvalue weighted by atomic mass is 10.0. The summed E-state index contributed by atoms with van der Waals surface area (Å²) in [6, 6.07) is -0.758. The fourth-order valence-corrected chi connectivity index (χ4v) is 1.30. The summed E-state index contributed by atoms with van der Waals surface area (Å²) in [6.45, 7) is 0.322. The highest BCUT2D eigenvalue weighted by Crippen LogP contribution is 2.08. The molecule has 0 amide bonds. The smallest absolute Gasteiger partial charge is 0.286 e. The van der Waals surface area contributed by atoms with Crippen LogP contribution in [0.2, 0.25) is 0 Å². The molecule has 0 aliphatic carbocycles. The maximum atomic E-state index is 11.6. The van der Waals surface area contributed by atoms with Gasteiger partial charge in [-0.3, -0.25) is 4.79 Å². The van der Waals surface area contributed by atoms with Gasteiger partial charge in [0.15, 0.2) is 5.78 Å². The third kappa shape index (κ3) is 7.94. The van der Waals surface area contributed by atoms with Crippen molar-refractivity contribution in [2.75, 3.05) is 13.2 Å². The van der Waals surface area contributed by atoms with Gasteiger partial charge in [-0.2, -0.15) is 10.3 Å². The lowest BCUT2D eigenvalue weighted by Gasteiger charge is -2.07. The number of carbonyl (C=O) groups is 1. The minimum absolute atomic E-state index is 0.0415. The van der Waals surface area contributed by atoms with Crippen LogP contribution in [-0.4, -0.2) is 37.1 Å². The maximum Gasteiger partial charge on any atom is 0.286 e. The van der Waals surface area contributed by atoms with Crippen LogP contribution in [0.4, 0.5) is 0 Å². The molecule has 7 nitrogen and oxygen atoms in total. The Bertz CT molecular complexity index is 390. The number of nitriles is 1. The van der Waals surface area contributed by atoms with E-state index < -0.39 is 6.04 Å². The van der Waals surface area contributed by atoms with E-state index in [4.69, 9.17) is 5.26 Å². The number of hydrogen-bond acceptors (Lipinski definition) is 7. The van der Waals surface area contributed by atoms with E-state index in [1.807, 2.05) is 0 Å². The molecule has 18 heavy (non-hydrogen) atoms. The van der Waals surface area contributed by atoms with Gasteiger partial charge in [0.1, 0.15) is 12.6 Å². The molecule has 0 rings (SSSR count). The molecule has 1 unspecified atom stereocenters. The summed E-state index contributed by atoms with van der Waals surface area (Å²) >= 11 is 0. The maximum absolute atomic E-state index is 11.6. The van der Waals surface area contributed by atoms with Crippen LogP contribution in [0.1, 0.15) is 25.7 Å². The molecule has 0 N–H and O–H groups in total. The van der Waals surface area contributed by atoms with E-state index in [2.05, 4.69) is 14.7 Å². The third-order valence-electron chi connectivity index (χ3n) is 2.15. The van der Waals surface area contributed by atoms with Gasteiger partial charge < -0.3 is 4.74 Å². The molecular weight excluding hydrogens is 238 g/mol. The molecule has 0 aliphatic rings. The van der Waals surface area contributed by atoms with Gasteiger partial charge in [0.25, 0.3) is 6.26 Å². The Morgan fingerprint density at radius 3 is 2.67 bits per heavy atom. The van der Waals surface area contributed by atoms with E-state index in [1.165, 1.54) is 18.4 Å². The summed E-state index contributed by atoms with van der Waals surface area (Å²) in [5, 5.41) is 8.13. The normalized spacial score (nSPS) is 10.4. The average Bonchev–Trinajstić information content (AvgIpc) is 2.37. The van der Waals surface area contributed by atoms with Crippen LogP contribution in [0.15, 0.2) is 9.98 Å². The van der Waals surface area contributed by atoms with E-state index in [-0.39, 0.29) is 25.4 Å². The molecule has 0 radical (unpaired) electrons. The predicted molar refractivity (Wildman–Crippen MR) is 59.9 cm³/mol. The molecular formula is C11H13N3O4. The van der Waals surface area contributed by atoms with Gasteiger partial charge in [-0.25, -0.2) is 14.6 Å². The predicted octanol–water partition coefficient (Wildman–Crippen LogP) is 0.654. The van der Waals surface area contributed by atoms with Crippen molar-refractivity contribution < 1.29 is 19.1 Å². The second-order valence-corrected chi connectivity index (χ2v) is 3.36. The monoisotopic (exact) mass is 251 g/mol. The second kappa shape index (κ2) is 11.2. The van der Waals surface area contributed by atoms with Gasteiger partial charge in [0.05, 0.1) is 6.54 Å². The molecule has 0 aromatic heterocycles. The largest absolute Gasteiger partial charge is 0.428 e. The lowest BCUT2D eigenvalue weighted by Crippen LogP contribution is -2.19. The number of Topliss-reactive ketones (excluding diaryl/α,β-unsaturated/α-hetero) is 1. The van der Waals surface area contributed by atoms with Crippen LogP contribution in [0.5, 0.6) is 0 Å². The Kier molecular flexibility index (Phi) is 9.79. The number of ether oxygens (including phenoxy) is 1. The Morgan fingerprint density at radius 1 is 1.28 bits per heavy atom. The van der Waals surface area contributed by atoms with Crippen molar-refractivity contribution >= 4 is 17.9 Å². The van der Waals surface area contributed by atoms with E-state index in [9.17, 15) is 14.4 Å². The number of isocyanates is 2.